The minimum Gasteiger partial charge on any atom is -0.462 e. The van der Waals surface area contributed by atoms with E-state index in [1.165, 1.54) is 238 Å². The lowest BCUT2D eigenvalue weighted by molar-refractivity contribution is -0.161. The van der Waals surface area contributed by atoms with Gasteiger partial charge >= 0.3 is 39.5 Å². The van der Waals surface area contributed by atoms with Crippen molar-refractivity contribution in [1.82, 2.24) is 0 Å². The molecule has 0 bridgehead atoms. The Bertz CT molecular complexity index is 1980. The van der Waals surface area contributed by atoms with E-state index in [1.54, 1.807) is 0 Å². The van der Waals surface area contributed by atoms with Crippen LogP contribution in [-0.2, 0) is 65.4 Å². The fourth-order valence-electron chi connectivity index (χ4n) is 12.8. The Labute approximate surface area is 626 Å². The molecule has 0 fully saturated rings. The molecule has 0 rings (SSSR count). The average molecular weight is 1490 g/mol. The highest BCUT2D eigenvalue weighted by Crippen LogP contribution is 2.45. The van der Waals surface area contributed by atoms with Gasteiger partial charge in [0.05, 0.1) is 26.4 Å². The van der Waals surface area contributed by atoms with Gasteiger partial charge in [-0.25, -0.2) is 9.13 Å². The molecule has 3 N–H and O–H groups in total. The summed E-state index contributed by atoms with van der Waals surface area (Å²) in [4.78, 5) is 73.1. The van der Waals surface area contributed by atoms with Gasteiger partial charge in [0, 0.05) is 25.7 Å². The van der Waals surface area contributed by atoms with Gasteiger partial charge in [0.1, 0.15) is 19.3 Å². The molecule has 0 saturated carbocycles. The molecule has 0 heterocycles. The molecular formula is C83H162O17P2. The largest absolute Gasteiger partial charge is 0.472 e. The third-order valence-corrected chi connectivity index (χ3v) is 21.6. The van der Waals surface area contributed by atoms with Crippen LogP contribution in [0.3, 0.4) is 0 Å². The van der Waals surface area contributed by atoms with Crippen LogP contribution in [0.5, 0.6) is 0 Å². The quantitative estimate of drug-likeness (QED) is 0.0222. The summed E-state index contributed by atoms with van der Waals surface area (Å²) in [5.41, 5.74) is 0. The Morgan fingerprint density at radius 1 is 0.284 bits per heavy atom. The minimum atomic E-state index is -4.96. The molecule has 6 atom stereocenters. The van der Waals surface area contributed by atoms with E-state index in [2.05, 4.69) is 48.5 Å². The zero-order chi connectivity index (χ0) is 75.1. The highest BCUT2D eigenvalue weighted by atomic mass is 31.2. The summed E-state index contributed by atoms with van der Waals surface area (Å²) in [5.74, 6) is 0.229. The van der Waals surface area contributed by atoms with Gasteiger partial charge in [-0.2, -0.15) is 0 Å². The van der Waals surface area contributed by atoms with Crippen LogP contribution in [0.4, 0.5) is 0 Å². The SMILES string of the molecule is CCCCCCCCCCCCCCCCCCC(=O)O[C@H](COC(=O)CCCCCCCCC(C)C)COP(=O)(O)OC[C@H](O)COP(=O)(O)OC[C@@H](COC(=O)CCCCCCCCCCCCCCCCC(C)CC)OC(=O)CCCCCCCCCCCCCCCCCCC(C)C. The number of hydrogen-bond donors (Lipinski definition) is 3. The molecule has 0 aliphatic rings. The number of ether oxygens (including phenoxy) is 4. The number of carbonyl (C=O) groups is 4. The second kappa shape index (κ2) is 73.2. The maximum atomic E-state index is 13.1. The van der Waals surface area contributed by atoms with Crippen molar-refractivity contribution in [3.05, 3.63) is 0 Å². The van der Waals surface area contributed by atoms with Crippen molar-refractivity contribution in [3.8, 4) is 0 Å². The molecule has 0 aliphatic carbocycles. The predicted octanol–water partition coefficient (Wildman–Crippen LogP) is 24.9. The van der Waals surface area contributed by atoms with Crippen LogP contribution >= 0.6 is 15.6 Å². The third kappa shape index (κ3) is 74.9. The maximum absolute atomic E-state index is 13.1. The summed E-state index contributed by atoms with van der Waals surface area (Å²) < 4.78 is 68.8. The smallest absolute Gasteiger partial charge is 0.462 e. The van der Waals surface area contributed by atoms with Crippen LogP contribution in [0.25, 0.3) is 0 Å². The van der Waals surface area contributed by atoms with Crippen molar-refractivity contribution in [2.24, 2.45) is 17.8 Å². The van der Waals surface area contributed by atoms with Gasteiger partial charge in [0.2, 0.25) is 0 Å². The van der Waals surface area contributed by atoms with Gasteiger partial charge in [-0.05, 0) is 43.4 Å². The Morgan fingerprint density at radius 3 is 0.745 bits per heavy atom. The molecule has 0 spiro atoms. The topological polar surface area (TPSA) is 237 Å². The molecule has 0 aliphatic heterocycles. The number of phosphoric acid groups is 2. The van der Waals surface area contributed by atoms with Crippen molar-refractivity contribution in [3.63, 3.8) is 0 Å². The summed E-state index contributed by atoms with van der Waals surface area (Å²) in [6.07, 6.45) is 62.5. The number of hydrogen-bond acceptors (Lipinski definition) is 15. The fraction of sp³-hybridized carbons (Fsp3) is 0.952. The third-order valence-electron chi connectivity index (χ3n) is 19.7. The van der Waals surface area contributed by atoms with Gasteiger partial charge in [-0.15, -0.1) is 0 Å². The molecular weight excluding hydrogens is 1330 g/mol. The molecule has 17 nitrogen and oxygen atoms in total. The second-order valence-electron chi connectivity index (χ2n) is 31.1. The van der Waals surface area contributed by atoms with Gasteiger partial charge in [-0.1, -0.05) is 382 Å². The lowest BCUT2D eigenvalue weighted by Crippen LogP contribution is -2.30. The molecule has 0 saturated heterocycles. The first-order valence-electron chi connectivity index (χ1n) is 42.9. The van der Waals surface area contributed by atoms with Crippen LogP contribution in [0.2, 0.25) is 0 Å². The first kappa shape index (κ1) is 100. The summed E-state index contributed by atoms with van der Waals surface area (Å²) in [6.45, 7) is 12.0. The minimum absolute atomic E-state index is 0.107. The average Bonchev–Trinajstić information content (AvgIpc) is 0.953. The zero-order valence-corrected chi connectivity index (χ0v) is 68.9. The summed E-state index contributed by atoms with van der Waals surface area (Å²) >= 11 is 0. The first-order chi connectivity index (χ1) is 49.3. The number of esters is 4. The van der Waals surface area contributed by atoms with E-state index >= 15 is 0 Å². The number of rotatable bonds is 81. The molecule has 19 heteroatoms. The number of aliphatic hydroxyl groups is 1. The fourth-order valence-corrected chi connectivity index (χ4v) is 14.4. The van der Waals surface area contributed by atoms with E-state index in [1.807, 2.05) is 0 Å². The Hall–Kier alpha value is -1.94. The van der Waals surface area contributed by atoms with Crippen molar-refractivity contribution < 1.29 is 80.2 Å². The van der Waals surface area contributed by atoms with Gasteiger partial charge < -0.3 is 33.8 Å². The van der Waals surface area contributed by atoms with E-state index in [-0.39, 0.29) is 25.7 Å². The molecule has 0 amide bonds. The van der Waals surface area contributed by atoms with E-state index in [4.69, 9.17) is 37.0 Å². The molecule has 0 aromatic carbocycles. The van der Waals surface area contributed by atoms with Gasteiger partial charge in [-0.3, -0.25) is 37.3 Å². The normalized spacial score (nSPS) is 14.2. The lowest BCUT2D eigenvalue weighted by atomic mass is 9.99. The zero-order valence-electron chi connectivity index (χ0n) is 67.1. The van der Waals surface area contributed by atoms with E-state index in [0.29, 0.717) is 31.6 Å². The van der Waals surface area contributed by atoms with Crippen molar-refractivity contribution in [2.75, 3.05) is 39.6 Å². The van der Waals surface area contributed by atoms with Crippen LogP contribution in [0.15, 0.2) is 0 Å². The number of phosphoric ester groups is 2. The van der Waals surface area contributed by atoms with Crippen molar-refractivity contribution in [2.45, 2.75) is 452 Å². The Kier molecular flexibility index (Phi) is 71.8. The van der Waals surface area contributed by atoms with E-state index in [9.17, 15) is 43.2 Å². The lowest BCUT2D eigenvalue weighted by Gasteiger charge is -2.21. The van der Waals surface area contributed by atoms with Crippen molar-refractivity contribution >= 4 is 39.5 Å². The van der Waals surface area contributed by atoms with Gasteiger partial charge in [0.25, 0.3) is 0 Å². The molecule has 606 valence electrons. The molecule has 102 heavy (non-hydrogen) atoms. The Balaban J connectivity index is 5.23. The number of carbonyl (C=O) groups excluding carboxylic acids is 4. The van der Waals surface area contributed by atoms with E-state index in [0.717, 1.165) is 108 Å². The van der Waals surface area contributed by atoms with Crippen LogP contribution < -0.4 is 0 Å². The predicted molar refractivity (Wildman–Crippen MR) is 418 cm³/mol. The molecule has 0 aromatic heterocycles. The summed E-state index contributed by atoms with van der Waals surface area (Å²) in [6, 6.07) is 0. The second-order valence-corrected chi connectivity index (χ2v) is 34.0. The number of unbranched alkanes of at least 4 members (excludes halogenated alkanes) is 48. The van der Waals surface area contributed by atoms with Crippen molar-refractivity contribution in [1.29, 1.82) is 0 Å². The Morgan fingerprint density at radius 2 is 0.500 bits per heavy atom. The monoisotopic (exact) mass is 1490 g/mol. The standard InChI is InChI=1S/C83H162O17P2/c1-8-10-11-12-13-14-15-16-17-21-28-33-38-43-52-59-67-83(88)100-79(71-94-81(86)65-58-51-46-45-48-55-62-75(5)6)73-98-102(91,92)96-69-77(84)68-95-101(89,90)97-72-78(70-93-80(85)64-57-50-42-37-32-27-24-23-26-31-36-41-49-56-63-76(7)9-2)99-82(87)66-60-53-44-39-34-29-22-19-18-20-25-30-35-40-47-54-61-74(3)4/h74-79,84H,8-73H2,1-7H3,(H,89,90)(H,91,92)/t76?,77-,78-,79-/m1/s1. The molecule has 3 unspecified atom stereocenters. The highest BCUT2D eigenvalue weighted by Gasteiger charge is 2.30. The van der Waals surface area contributed by atoms with E-state index < -0.39 is 97.5 Å². The molecule has 0 radical (unpaired) electrons. The summed E-state index contributed by atoms with van der Waals surface area (Å²) in [5, 5.41) is 10.7. The highest BCUT2D eigenvalue weighted by molar-refractivity contribution is 7.47. The maximum Gasteiger partial charge on any atom is 0.472 e. The number of aliphatic hydroxyl groups excluding tert-OH is 1. The van der Waals surface area contributed by atoms with Crippen LogP contribution in [0.1, 0.15) is 434 Å². The summed E-state index contributed by atoms with van der Waals surface area (Å²) in [7, 11) is -9.92. The first-order valence-corrected chi connectivity index (χ1v) is 45.9. The molecule has 0 aromatic rings. The van der Waals surface area contributed by atoms with Gasteiger partial charge in [0.15, 0.2) is 12.2 Å². The van der Waals surface area contributed by atoms with Crippen LogP contribution in [-0.4, -0.2) is 96.7 Å². The van der Waals surface area contributed by atoms with Crippen LogP contribution in [0, 0.1) is 17.8 Å².